The van der Waals surface area contributed by atoms with Gasteiger partial charge >= 0.3 is 5.97 Å². The van der Waals surface area contributed by atoms with Gasteiger partial charge in [-0.25, -0.2) is 4.79 Å². The van der Waals surface area contributed by atoms with Crippen LogP contribution in [0.2, 0.25) is 0 Å². The van der Waals surface area contributed by atoms with Gasteiger partial charge in [-0.15, -0.1) is 0 Å². The lowest BCUT2D eigenvalue weighted by atomic mass is 10.2. The maximum absolute atomic E-state index is 11.9. The normalized spacial score (nSPS) is 20.2. The van der Waals surface area contributed by atoms with Crippen LogP contribution in [0.1, 0.15) is 20.3 Å². The van der Waals surface area contributed by atoms with Gasteiger partial charge in [0.2, 0.25) is 5.91 Å². The van der Waals surface area contributed by atoms with Crippen LogP contribution in [0.5, 0.6) is 0 Å². The van der Waals surface area contributed by atoms with Gasteiger partial charge in [-0.2, -0.15) is 11.8 Å². The number of carboxylic acids is 1. The molecule has 0 aromatic rings. The minimum Gasteiger partial charge on any atom is -0.479 e. The lowest BCUT2D eigenvalue weighted by molar-refractivity contribution is -0.158. The van der Waals surface area contributed by atoms with Crippen molar-refractivity contribution in [2.75, 3.05) is 31.2 Å². The molecule has 0 saturated carbocycles. The Kier molecular flexibility index (Phi) is 6.49. The Morgan fingerprint density at radius 3 is 2.83 bits per heavy atom. The van der Waals surface area contributed by atoms with Crippen LogP contribution < -0.4 is 0 Å². The summed E-state index contributed by atoms with van der Waals surface area (Å²) in [6, 6.07) is 0. The average molecular weight is 275 g/mol. The van der Waals surface area contributed by atoms with E-state index in [0.29, 0.717) is 24.8 Å². The highest BCUT2D eigenvalue weighted by Crippen LogP contribution is 2.12. The molecule has 1 aliphatic rings. The Hall–Kier alpha value is -0.750. The van der Waals surface area contributed by atoms with Gasteiger partial charge in [-0.3, -0.25) is 4.79 Å². The number of rotatable bonds is 6. The Morgan fingerprint density at radius 2 is 2.22 bits per heavy atom. The molecule has 1 rings (SSSR count). The summed E-state index contributed by atoms with van der Waals surface area (Å²) >= 11 is 1.61. The monoisotopic (exact) mass is 275 g/mol. The van der Waals surface area contributed by atoms with E-state index in [0.717, 1.165) is 12.2 Å². The Labute approximate surface area is 112 Å². The van der Waals surface area contributed by atoms with E-state index in [9.17, 15) is 9.59 Å². The third kappa shape index (κ3) is 5.27. The summed E-state index contributed by atoms with van der Waals surface area (Å²) in [5.74, 6) is 1.06. The maximum atomic E-state index is 11.9. The number of amides is 1. The zero-order valence-corrected chi connectivity index (χ0v) is 11.7. The van der Waals surface area contributed by atoms with E-state index in [-0.39, 0.29) is 12.5 Å². The molecule has 0 bridgehead atoms. The number of carbonyl (C=O) groups excluding carboxylic acids is 1. The molecule has 0 aromatic carbocycles. The third-order valence-electron chi connectivity index (χ3n) is 2.76. The van der Waals surface area contributed by atoms with E-state index in [1.54, 1.807) is 16.7 Å². The Bertz CT molecular complexity index is 296. The van der Waals surface area contributed by atoms with Gasteiger partial charge in [0.1, 0.15) is 0 Å². The van der Waals surface area contributed by atoms with Crippen molar-refractivity contribution in [2.24, 2.45) is 5.92 Å². The second kappa shape index (κ2) is 7.63. The molecular weight excluding hydrogens is 254 g/mol. The molecule has 1 N–H and O–H groups in total. The van der Waals surface area contributed by atoms with E-state index in [2.05, 4.69) is 13.8 Å². The quantitative estimate of drug-likeness (QED) is 0.735. The highest BCUT2D eigenvalue weighted by Gasteiger charge is 2.28. The molecule has 5 nitrogen and oxygen atoms in total. The van der Waals surface area contributed by atoms with Crippen LogP contribution in [0, 0.1) is 5.92 Å². The number of hydrogen-bond donors (Lipinski definition) is 1. The summed E-state index contributed by atoms with van der Waals surface area (Å²) in [7, 11) is 0. The van der Waals surface area contributed by atoms with Crippen molar-refractivity contribution in [3.63, 3.8) is 0 Å². The van der Waals surface area contributed by atoms with E-state index in [4.69, 9.17) is 9.84 Å². The van der Waals surface area contributed by atoms with Gasteiger partial charge in [0.05, 0.1) is 18.9 Å². The summed E-state index contributed by atoms with van der Waals surface area (Å²) in [6.07, 6.45) is 0.224. The van der Waals surface area contributed by atoms with Gasteiger partial charge in [-0.05, 0) is 18.1 Å². The number of morpholine rings is 1. The van der Waals surface area contributed by atoms with Gasteiger partial charge < -0.3 is 14.7 Å². The number of ether oxygens (including phenoxy) is 1. The molecule has 1 unspecified atom stereocenters. The molecule has 0 aromatic heterocycles. The highest BCUT2D eigenvalue weighted by atomic mass is 32.2. The van der Waals surface area contributed by atoms with Crippen molar-refractivity contribution in [3.05, 3.63) is 0 Å². The van der Waals surface area contributed by atoms with Crippen molar-refractivity contribution in [2.45, 2.75) is 26.4 Å². The lowest BCUT2D eigenvalue weighted by Crippen LogP contribution is -2.49. The molecule has 18 heavy (non-hydrogen) atoms. The molecular formula is C12H21NO4S. The lowest BCUT2D eigenvalue weighted by Gasteiger charge is -2.30. The molecule has 6 heteroatoms. The molecule has 1 amide bonds. The van der Waals surface area contributed by atoms with Crippen LogP contribution in [0.15, 0.2) is 0 Å². The standard InChI is InChI=1S/C12H21NO4S/c1-9(2)3-6-18-8-11(14)13-4-5-17-10(7-13)12(15)16/h9-10H,3-8H2,1-2H3,(H,15,16). The number of nitrogens with zero attached hydrogens (tertiary/aromatic N) is 1. The minimum absolute atomic E-state index is 0.0123. The fraction of sp³-hybridized carbons (Fsp3) is 0.833. The van der Waals surface area contributed by atoms with Crippen LogP contribution >= 0.6 is 11.8 Å². The fourth-order valence-corrected chi connectivity index (χ4v) is 2.73. The molecule has 1 fully saturated rings. The summed E-state index contributed by atoms with van der Waals surface area (Å²) in [5.41, 5.74) is 0. The van der Waals surface area contributed by atoms with Gasteiger partial charge in [0, 0.05) is 6.54 Å². The number of thioether (sulfide) groups is 1. The summed E-state index contributed by atoms with van der Waals surface area (Å²) in [5, 5.41) is 8.84. The van der Waals surface area contributed by atoms with Crippen molar-refractivity contribution in [1.82, 2.24) is 4.90 Å². The molecule has 1 aliphatic heterocycles. The fourth-order valence-electron chi connectivity index (χ4n) is 1.60. The van der Waals surface area contributed by atoms with Crippen LogP contribution in [-0.4, -0.2) is 59.2 Å². The first kappa shape index (κ1) is 15.3. The Morgan fingerprint density at radius 1 is 1.50 bits per heavy atom. The predicted molar refractivity (Wildman–Crippen MR) is 70.7 cm³/mol. The van der Waals surface area contributed by atoms with Crippen LogP contribution in [0.25, 0.3) is 0 Å². The Balaban J connectivity index is 2.26. The second-order valence-corrected chi connectivity index (χ2v) is 5.88. The van der Waals surface area contributed by atoms with Crippen molar-refractivity contribution >= 4 is 23.6 Å². The molecule has 104 valence electrons. The number of aliphatic carboxylic acids is 1. The molecule has 1 heterocycles. The van der Waals surface area contributed by atoms with E-state index >= 15 is 0 Å². The van der Waals surface area contributed by atoms with E-state index in [1.807, 2.05) is 0 Å². The zero-order valence-electron chi connectivity index (χ0n) is 10.9. The first-order valence-corrected chi connectivity index (χ1v) is 7.36. The average Bonchev–Trinajstić information content (AvgIpc) is 2.34. The van der Waals surface area contributed by atoms with Crippen molar-refractivity contribution < 1.29 is 19.4 Å². The second-order valence-electron chi connectivity index (χ2n) is 4.77. The van der Waals surface area contributed by atoms with E-state index < -0.39 is 12.1 Å². The maximum Gasteiger partial charge on any atom is 0.334 e. The topological polar surface area (TPSA) is 66.8 Å². The molecule has 0 spiro atoms. The van der Waals surface area contributed by atoms with Crippen molar-refractivity contribution in [3.8, 4) is 0 Å². The van der Waals surface area contributed by atoms with Crippen LogP contribution in [0.3, 0.4) is 0 Å². The first-order valence-electron chi connectivity index (χ1n) is 6.20. The molecule has 0 radical (unpaired) electrons. The van der Waals surface area contributed by atoms with Crippen LogP contribution in [-0.2, 0) is 14.3 Å². The van der Waals surface area contributed by atoms with Gasteiger partial charge in [-0.1, -0.05) is 13.8 Å². The summed E-state index contributed by atoms with van der Waals surface area (Å²) in [6.45, 7) is 5.27. The third-order valence-corrected chi connectivity index (χ3v) is 3.74. The minimum atomic E-state index is -1.00. The largest absolute Gasteiger partial charge is 0.479 e. The zero-order chi connectivity index (χ0) is 13.5. The molecule has 1 saturated heterocycles. The molecule has 1 atom stereocenters. The van der Waals surface area contributed by atoms with Gasteiger partial charge in [0.15, 0.2) is 6.10 Å². The SMILES string of the molecule is CC(C)CCSCC(=O)N1CCOC(C(=O)O)C1. The van der Waals surface area contributed by atoms with Gasteiger partial charge in [0.25, 0.3) is 0 Å². The summed E-state index contributed by atoms with van der Waals surface area (Å²) in [4.78, 5) is 24.2. The number of carboxylic acid groups (broad SMARTS) is 1. The number of hydrogen-bond acceptors (Lipinski definition) is 4. The van der Waals surface area contributed by atoms with Crippen molar-refractivity contribution in [1.29, 1.82) is 0 Å². The first-order chi connectivity index (χ1) is 8.50. The van der Waals surface area contributed by atoms with Crippen LogP contribution in [0.4, 0.5) is 0 Å². The molecule has 0 aliphatic carbocycles. The van der Waals surface area contributed by atoms with E-state index in [1.165, 1.54) is 0 Å². The predicted octanol–water partition coefficient (Wildman–Crippen LogP) is 1.08. The highest BCUT2D eigenvalue weighted by molar-refractivity contribution is 7.99. The summed E-state index contributed by atoms with van der Waals surface area (Å²) < 4.78 is 5.08. The number of carbonyl (C=O) groups is 2. The smallest absolute Gasteiger partial charge is 0.334 e.